The number of hydrogen-bond acceptors (Lipinski definition) is 1. The molecule has 1 rings (SSSR count). The molecule has 0 aliphatic rings. The summed E-state index contributed by atoms with van der Waals surface area (Å²) in [6.45, 7) is 2.18. The average Bonchev–Trinajstić information content (AvgIpc) is 2.32. The highest BCUT2D eigenvalue weighted by atomic mass is 127. The van der Waals surface area contributed by atoms with E-state index in [0.29, 0.717) is 0 Å². The van der Waals surface area contributed by atoms with E-state index in [9.17, 15) is 5.11 Å². The van der Waals surface area contributed by atoms with Gasteiger partial charge in [0.15, 0.2) is 0 Å². The first kappa shape index (κ1) is 13.7. The molecule has 1 aromatic rings. The van der Waals surface area contributed by atoms with Gasteiger partial charge >= 0.3 is 0 Å². The molecule has 0 saturated heterocycles. The number of unbranched alkanes of at least 4 members (excludes halogenated alkanes) is 2. The first-order valence-electron chi connectivity index (χ1n) is 5.83. The van der Waals surface area contributed by atoms with Gasteiger partial charge in [0.1, 0.15) is 0 Å². The van der Waals surface area contributed by atoms with Crippen LogP contribution >= 0.6 is 22.6 Å². The minimum atomic E-state index is -0.328. The second-order valence-corrected chi connectivity index (χ2v) is 4.56. The predicted molar refractivity (Wildman–Crippen MR) is 78.6 cm³/mol. The number of halogens is 1. The highest BCUT2D eigenvalue weighted by Gasteiger charge is 2.11. The Hall–Kier alpha value is -0.350. The average molecular weight is 330 g/mol. The van der Waals surface area contributed by atoms with Crippen LogP contribution in [0.15, 0.2) is 34.4 Å². The summed E-state index contributed by atoms with van der Waals surface area (Å²) in [7, 11) is 0. The van der Waals surface area contributed by atoms with Crippen LogP contribution in [0.4, 0.5) is 0 Å². The van der Waals surface area contributed by atoms with Crippen molar-refractivity contribution in [3.05, 3.63) is 40.0 Å². The van der Waals surface area contributed by atoms with Crippen molar-refractivity contribution in [1.82, 2.24) is 0 Å². The normalized spacial score (nSPS) is 13.8. The minimum absolute atomic E-state index is 0.328. The van der Waals surface area contributed by atoms with E-state index in [-0.39, 0.29) is 6.10 Å². The molecular formula is C14H19IO. The fraction of sp³-hybridized carbons (Fsp3) is 0.429. The Kier molecular flexibility index (Phi) is 6.73. The fourth-order valence-corrected chi connectivity index (χ4v) is 2.48. The van der Waals surface area contributed by atoms with Gasteiger partial charge in [-0.05, 0) is 21.6 Å². The summed E-state index contributed by atoms with van der Waals surface area (Å²) in [4.78, 5) is 0. The van der Waals surface area contributed by atoms with Gasteiger partial charge in [0.05, 0.1) is 6.10 Å². The standard InChI is InChI=1S/C14H19IO/c1-2-3-5-10-14(16)13(11-15)12-8-6-4-7-9-12/h4,6-9,11,14,16H,2-3,5,10H2,1H3/b13-11+. The maximum atomic E-state index is 10.1. The van der Waals surface area contributed by atoms with Gasteiger partial charge in [-0.2, -0.15) is 0 Å². The molecule has 0 bridgehead atoms. The number of rotatable bonds is 6. The van der Waals surface area contributed by atoms with Crippen molar-refractivity contribution in [3.8, 4) is 0 Å². The van der Waals surface area contributed by atoms with Crippen molar-refractivity contribution < 1.29 is 5.11 Å². The highest BCUT2D eigenvalue weighted by Crippen LogP contribution is 2.23. The molecule has 0 spiro atoms. The van der Waals surface area contributed by atoms with Crippen LogP contribution in [0.3, 0.4) is 0 Å². The molecule has 0 aromatic heterocycles. The number of hydrogen-bond donors (Lipinski definition) is 1. The lowest BCUT2D eigenvalue weighted by atomic mass is 9.98. The summed E-state index contributed by atoms with van der Waals surface area (Å²) in [5.74, 6) is 0. The summed E-state index contributed by atoms with van der Waals surface area (Å²) in [6, 6.07) is 10.1. The van der Waals surface area contributed by atoms with Crippen molar-refractivity contribution in [2.24, 2.45) is 0 Å². The Morgan fingerprint density at radius 3 is 2.56 bits per heavy atom. The molecule has 1 aromatic carbocycles. The van der Waals surface area contributed by atoms with Crippen molar-refractivity contribution in [3.63, 3.8) is 0 Å². The van der Waals surface area contributed by atoms with E-state index in [1.165, 1.54) is 12.8 Å². The van der Waals surface area contributed by atoms with Gasteiger partial charge in [0, 0.05) is 0 Å². The Balaban J connectivity index is 2.62. The van der Waals surface area contributed by atoms with E-state index >= 15 is 0 Å². The quantitative estimate of drug-likeness (QED) is 0.605. The molecule has 1 nitrogen and oxygen atoms in total. The molecular weight excluding hydrogens is 311 g/mol. The summed E-state index contributed by atoms with van der Waals surface area (Å²) in [6.07, 6.45) is 4.02. The van der Waals surface area contributed by atoms with Crippen molar-refractivity contribution in [1.29, 1.82) is 0 Å². The minimum Gasteiger partial charge on any atom is -0.388 e. The summed E-state index contributed by atoms with van der Waals surface area (Å²) >= 11 is 2.21. The van der Waals surface area contributed by atoms with E-state index in [1.807, 2.05) is 34.4 Å². The topological polar surface area (TPSA) is 20.2 Å². The van der Waals surface area contributed by atoms with Gasteiger partial charge in [-0.3, -0.25) is 0 Å². The van der Waals surface area contributed by atoms with Gasteiger partial charge in [0.25, 0.3) is 0 Å². The Bertz CT molecular complexity index is 319. The van der Waals surface area contributed by atoms with Gasteiger partial charge < -0.3 is 5.11 Å². The van der Waals surface area contributed by atoms with Crippen LogP contribution in [0.2, 0.25) is 0 Å². The van der Waals surface area contributed by atoms with E-state index in [1.54, 1.807) is 0 Å². The molecule has 0 saturated carbocycles. The molecule has 1 atom stereocenters. The largest absolute Gasteiger partial charge is 0.388 e. The smallest absolute Gasteiger partial charge is 0.0800 e. The maximum Gasteiger partial charge on any atom is 0.0800 e. The lowest BCUT2D eigenvalue weighted by Crippen LogP contribution is -2.08. The van der Waals surface area contributed by atoms with Gasteiger partial charge in [0.2, 0.25) is 0 Å². The SMILES string of the molecule is CCCCCC(O)/C(=C/I)c1ccccc1. The summed E-state index contributed by atoms with van der Waals surface area (Å²) in [5, 5.41) is 10.1. The van der Waals surface area contributed by atoms with Crippen LogP contribution in [0, 0.1) is 0 Å². The second kappa shape index (κ2) is 7.85. The first-order chi connectivity index (χ1) is 7.79. The maximum absolute atomic E-state index is 10.1. The molecule has 0 aliphatic heterocycles. The molecule has 16 heavy (non-hydrogen) atoms. The molecule has 0 amide bonds. The molecule has 0 radical (unpaired) electrons. The monoisotopic (exact) mass is 330 g/mol. The third kappa shape index (κ3) is 4.26. The van der Waals surface area contributed by atoms with Gasteiger partial charge in [-0.25, -0.2) is 0 Å². The van der Waals surface area contributed by atoms with Gasteiger partial charge in [-0.15, -0.1) is 0 Å². The molecule has 2 heteroatoms. The Morgan fingerprint density at radius 1 is 1.31 bits per heavy atom. The predicted octanol–water partition coefficient (Wildman–Crippen LogP) is 4.40. The van der Waals surface area contributed by atoms with Crippen LogP contribution in [0.5, 0.6) is 0 Å². The molecule has 0 fully saturated rings. The number of aliphatic hydroxyl groups excluding tert-OH is 1. The molecule has 88 valence electrons. The van der Waals surface area contributed by atoms with E-state index in [2.05, 4.69) is 29.5 Å². The zero-order valence-electron chi connectivity index (χ0n) is 9.70. The summed E-state index contributed by atoms with van der Waals surface area (Å²) in [5.41, 5.74) is 2.17. The van der Waals surface area contributed by atoms with Crippen molar-refractivity contribution in [2.45, 2.75) is 38.7 Å². The molecule has 1 N–H and O–H groups in total. The zero-order valence-corrected chi connectivity index (χ0v) is 11.9. The molecule has 0 aliphatic carbocycles. The zero-order chi connectivity index (χ0) is 11.8. The number of aliphatic hydroxyl groups is 1. The van der Waals surface area contributed by atoms with Crippen LogP contribution in [-0.4, -0.2) is 11.2 Å². The second-order valence-electron chi connectivity index (χ2n) is 3.94. The third-order valence-electron chi connectivity index (χ3n) is 2.66. The Labute approximate surface area is 112 Å². The van der Waals surface area contributed by atoms with Crippen LogP contribution < -0.4 is 0 Å². The fourth-order valence-electron chi connectivity index (χ4n) is 1.70. The third-order valence-corrected chi connectivity index (χ3v) is 3.34. The Morgan fingerprint density at radius 2 is 2.00 bits per heavy atom. The first-order valence-corrected chi connectivity index (χ1v) is 7.08. The van der Waals surface area contributed by atoms with E-state index < -0.39 is 0 Å². The van der Waals surface area contributed by atoms with Crippen LogP contribution in [-0.2, 0) is 0 Å². The lowest BCUT2D eigenvalue weighted by Gasteiger charge is -2.14. The van der Waals surface area contributed by atoms with E-state index in [4.69, 9.17) is 0 Å². The molecule has 0 heterocycles. The van der Waals surface area contributed by atoms with Crippen molar-refractivity contribution in [2.75, 3.05) is 0 Å². The van der Waals surface area contributed by atoms with Crippen molar-refractivity contribution >= 4 is 28.2 Å². The number of benzene rings is 1. The summed E-state index contributed by atoms with van der Waals surface area (Å²) < 4.78 is 1.99. The van der Waals surface area contributed by atoms with Crippen LogP contribution in [0.1, 0.15) is 38.2 Å². The molecule has 1 unspecified atom stereocenters. The van der Waals surface area contributed by atoms with E-state index in [0.717, 1.165) is 24.0 Å². The van der Waals surface area contributed by atoms with Gasteiger partial charge in [-0.1, -0.05) is 79.1 Å². The van der Waals surface area contributed by atoms with Crippen LogP contribution in [0.25, 0.3) is 5.57 Å². The highest BCUT2D eigenvalue weighted by molar-refractivity contribution is 14.1. The lowest BCUT2D eigenvalue weighted by molar-refractivity contribution is 0.217.